The van der Waals surface area contributed by atoms with Crippen LogP contribution in [0, 0.1) is 11.6 Å². The Bertz CT molecular complexity index is 930. The number of piperazine rings is 1. The van der Waals surface area contributed by atoms with Gasteiger partial charge in [-0.05, 0) is 61.4 Å². The van der Waals surface area contributed by atoms with Gasteiger partial charge in [0.2, 0.25) is 0 Å². The molecule has 0 N–H and O–H groups in total. The maximum Gasteiger partial charge on any atom is 0.189 e. The van der Waals surface area contributed by atoms with E-state index < -0.39 is 11.6 Å². The average molecular weight is 382 g/mol. The number of hydrogen-bond donors (Lipinski definition) is 0. The van der Waals surface area contributed by atoms with Gasteiger partial charge >= 0.3 is 0 Å². The van der Waals surface area contributed by atoms with E-state index in [0.717, 1.165) is 50.8 Å². The van der Waals surface area contributed by atoms with Gasteiger partial charge in [-0.3, -0.25) is 4.79 Å². The zero-order valence-electron chi connectivity index (χ0n) is 16.0. The number of carbonyl (C=O) groups is 1. The van der Waals surface area contributed by atoms with Crippen LogP contribution in [0.2, 0.25) is 0 Å². The van der Waals surface area contributed by atoms with Gasteiger partial charge in [-0.25, -0.2) is 8.78 Å². The van der Waals surface area contributed by atoms with Crippen LogP contribution in [0.25, 0.3) is 6.08 Å². The van der Waals surface area contributed by atoms with Crippen LogP contribution < -0.4 is 4.90 Å². The highest BCUT2D eigenvalue weighted by Crippen LogP contribution is 2.30. The Labute approximate surface area is 164 Å². The number of carbonyl (C=O) groups excluding carboxylic acids is 1. The van der Waals surface area contributed by atoms with Crippen molar-refractivity contribution >= 4 is 17.5 Å². The molecule has 0 unspecified atom stereocenters. The summed E-state index contributed by atoms with van der Waals surface area (Å²) >= 11 is 0. The fourth-order valence-corrected chi connectivity index (χ4v) is 4.03. The molecule has 1 aliphatic heterocycles. The molecule has 146 valence electrons. The highest BCUT2D eigenvalue weighted by atomic mass is 19.1. The number of benzene rings is 2. The Morgan fingerprint density at radius 2 is 1.79 bits per heavy atom. The number of hydrogen-bond acceptors (Lipinski definition) is 3. The number of likely N-dealkylation sites (N-methyl/N-ethyl adjacent to an activating group) is 1. The molecule has 0 spiro atoms. The second-order valence-electron chi connectivity index (χ2n) is 7.43. The van der Waals surface area contributed by atoms with Gasteiger partial charge < -0.3 is 9.80 Å². The summed E-state index contributed by atoms with van der Waals surface area (Å²) in [5.41, 5.74) is 3.73. The number of halogens is 2. The summed E-state index contributed by atoms with van der Waals surface area (Å²) in [4.78, 5) is 17.7. The third-order valence-corrected chi connectivity index (χ3v) is 5.77. The summed E-state index contributed by atoms with van der Waals surface area (Å²) in [6.07, 6.45) is 2.87. The van der Waals surface area contributed by atoms with Crippen LogP contribution in [0.1, 0.15) is 34.8 Å². The van der Waals surface area contributed by atoms with Crippen molar-refractivity contribution in [2.75, 3.05) is 37.6 Å². The quantitative estimate of drug-likeness (QED) is 0.739. The topological polar surface area (TPSA) is 23.6 Å². The SMILES string of the molecule is CCN1CCN(c2ccc3c(c2)CC/C(=C\c2ccc(F)cc2F)C3=O)CC1. The molecule has 2 aromatic carbocycles. The molecule has 1 saturated heterocycles. The molecule has 1 heterocycles. The van der Waals surface area contributed by atoms with Gasteiger partial charge in [0.15, 0.2) is 5.78 Å². The Morgan fingerprint density at radius 3 is 2.50 bits per heavy atom. The van der Waals surface area contributed by atoms with E-state index >= 15 is 0 Å². The summed E-state index contributed by atoms with van der Waals surface area (Å²) in [5.74, 6) is -1.33. The van der Waals surface area contributed by atoms with E-state index in [1.54, 1.807) is 6.08 Å². The van der Waals surface area contributed by atoms with Gasteiger partial charge in [0.25, 0.3) is 0 Å². The molecule has 0 saturated carbocycles. The lowest BCUT2D eigenvalue weighted by molar-refractivity contribution is 0.102. The second kappa shape index (κ2) is 7.84. The molecule has 5 heteroatoms. The highest BCUT2D eigenvalue weighted by molar-refractivity contribution is 6.13. The van der Waals surface area contributed by atoms with Gasteiger partial charge in [0.05, 0.1) is 0 Å². The van der Waals surface area contributed by atoms with Crippen LogP contribution in [0.15, 0.2) is 42.0 Å². The predicted molar refractivity (Wildman–Crippen MR) is 108 cm³/mol. The van der Waals surface area contributed by atoms with Crippen LogP contribution in [0.3, 0.4) is 0 Å². The molecule has 2 aromatic rings. The number of rotatable bonds is 3. The molecule has 0 amide bonds. The molecule has 0 atom stereocenters. The van der Waals surface area contributed by atoms with E-state index in [-0.39, 0.29) is 11.3 Å². The van der Waals surface area contributed by atoms with Crippen molar-refractivity contribution in [3.63, 3.8) is 0 Å². The lowest BCUT2D eigenvalue weighted by atomic mass is 9.85. The zero-order valence-corrected chi connectivity index (χ0v) is 16.0. The van der Waals surface area contributed by atoms with E-state index in [9.17, 15) is 13.6 Å². The van der Waals surface area contributed by atoms with Crippen molar-refractivity contribution in [1.29, 1.82) is 0 Å². The molecule has 28 heavy (non-hydrogen) atoms. The van der Waals surface area contributed by atoms with Gasteiger partial charge in [0, 0.05) is 54.6 Å². The summed E-state index contributed by atoms with van der Waals surface area (Å²) < 4.78 is 27.0. The number of fused-ring (bicyclic) bond motifs is 1. The van der Waals surface area contributed by atoms with Crippen molar-refractivity contribution in [3.05, 3.63) is 70.3 Å². The highest BCUT2D eigenvalue weighted by Gasteiger charge is 2.24. The number of anilines is 1. The minimum Gasteiger partial charge on any atom is -0.369 e. The first kappa shape index (κ1) is 18.8. The lowest BCUT2D eigenvalue weighted by Crippen LogP contribution is -2.46. The Kier molecular flexibility index (Phi) is 5.27. The second-order valence-corrected chi connectivity index (χ2v) is 7.43. The lowest BCUT2D eigenvalue weighted by Gasteiger charge is -2.36. The molecular weight excluding hydrogens is 358 g/mol. The number of Topliss-reactive ketones (excluding diaryl/α,β-unsaturated/α-hetero) is 1. The van der Waals surface area contributed by atoms with E-state index in [2.05, 4.69) is 22.8 Å². The summed E-state index contributed by atoms with van der Waals surface area (Å²) in [6.45, 7) is 7.37. The minimum atomic E-state index is -0.646. The van der Waals surface area contributed by atoms with Crippen LogP contribution in [0.5, 0.6) is 0 Å². The summed E-state index contributed by atoms with van der Waals surface area (Å²) in [5, 5.41) is 0. The molecule has 3 nitrogen and oxygen atoms in total. The normalized spacial score (nSPS) is 19.2. The average Bonchev–Trinajstić information content (AvgIpc) is 2.71. The predicted octanol–water partition coefficient (Wildman–Crippen LogP) is 4.32. The third kappa shape index (κ3) is 3.72. The Hall–Kier alpha value is -2.53. The number of allylic oxidation sites excluding steroid dienone is 1. The molecule has 4 rings (SSSR count). The standard InChI is InChI=1S/C23H24F2N2O/c1-2-26-9-11-27(12-10-26)20-7-8-21-16(14-20)3-4-18(23(21)28)13-17-5-6-19(24)15-22(17)25/h5-8,13-15H,2-4,9-12H2,1H3/b18-13+. The van der Waals surface area contributed by atoms with Gasteiger partial charge in [-0.2, -0.15) is 0 Å². The van der Waals surface area contributed by atoms with Gasteiger partial charge in [-0.1, -0.05) is 6.92 Å². The largest absolute Gasteiger partial charge is 0.369 e. The molecule has 1 aliphatic carbocycles. The van der Waals surface area contributed by atoms with Crippen molar-refractivity contribution in [2.24, 2.45) is 0 Å². The molecule has 0 aromatic heterocycles. The molecule has 1 fully saturated rings. The fourth-order valence-electron chi connectivity index (χ4n) is 4.03. The molecule has 2 aliphatic rings. The van der Waals surface area contributed by atoms with Gasteiger partial charge in [0.1, 0.15) is 11.6 Å². The van der Waals surface area contributed by atoms with E-state index in [1.807, 2.05) is 12.1 Å². The van der Waals surface area contributed by atoms with Crippen molar-refractivity contribution in [1.82, 2.24) is 4.90 Å². The monoisotopic (exact) mass is 382 g/mol. The first-order valence-electron chi connectivity index (χ1n) is 9.85. The maximum absolute atomic E-state index is 13.9. The first-order chi connectivity index (χ1) is 13.5. The molecule has 0 radical (unpaired) electrons. The molecule has 0 bridgehead atoms. The van der Waals surface area contributed by atoms with Crippen molar-refractivity contribution in [2.45, 2.75) is 19.8 Å². The van der Waals surface area contributed by atoms with Crippen LogP contribution >= 0.6 is 0 Å². The minimum absolute atomic E-state index is 0.0627. The van der Waals surface area contributed by atoms with Crippen molar-refractivity contribution in [3.8, 4) is 0 Å². The zero-order chi connectivity index (χ0) is 19.7. The van der Waals surface area contributed by atoms with Crippen molar-refractivity contribution < 1.29 is 13.6 Å². The maximum atomic E-state index is 13.9. The fraction of sp³-hybridized carbons (Fsp3) is 0.348. The van der Waals surface area contributed by atoms with E-state index in [4.69, 9.17) is 0 Å². The van der Waals surface area contributed by atoms with Gasteiger partial charge in [-0.15, -0.1) is 0 Å². The summed E-state index contributed by atoms with van der Waals surface area (Å²) in [6, 6.07) is 9.47. The number of ketones is 1. The van der Waals surface area contributed by atoms with Crippen LogP contribution in [-0.2, 0) is 6.42 Å². The number of aryl methyl sites for hydroxylation is 1. The third-order valence-electron chi connectivity index (χ3n) is 5.77. The Morgan fingerprint density at radius 1 is 1.00 bits per heavy atom. The number of nitrogens with zero attached hydrogens (tertiary/aromatic N) is 2. The van der Waals surface area contributed by atoms with Crippen LogP contribution in [0.4, 0.5) is 14.5 Å². The van der Waals surface area contributed by atoms with E-state index in [0.29, 0.717) is 17.6 Å². The smallest absolute Gasteiger partial charge is 0.189 e. The molecular formula is C23H24F2N2O. The Balaban J connectivity index is 1.55. The summed E-state index contributed by atoms with van der Waals surface area (Å²) in [7, 11) is 0. The first-order valence-corrected chi connectivity index (χ1v) is 9.85. The van der Waals surface area contributed by atoms with Crippen LogP contribution in [-0.4, -0.2) is 43.4 Å². The van der Waals surface area contributed by atoms with E-state index in [1.165, 1.54) is 17.8 Å².